The number of hydrogen-bond donors (Lipinski definition) is 2. The fraction of sp³-hybridized carbons (Fsp3) is 0.350. The van der Waals surface area contributed by atoms with Crippen molar-refractivity contribution in [3.05, 3.63) is 65.5 Å². The minimum atomic E-state index is -0.234. The largest absolute Gasteiger partial charge is 0.326 e. The van der Waals surface area contributed by atoms with Gasteiger partial charge in [0.15, 0.2) is 0 Å². The lowest BCUT2D eigenvalue weighted by molar-refractivity contribution is -0.119. The highest BCUT2D eigenvalue weighted by molar-refractivity contribution is 5.93. The van der Waals surface area contributed by atoms with Crippen molar-refractivity contribution in [2.75, 3.05) is 11.9 Å². The molecule has 0 aliphatic carbocycles. The molecule has 2 aromatic rings. The van der Waals surface area contributed by atoms with Gasteiger partial charge in [-0.25, -0.2) is 4.39 Å². The SMILES string of the molecule is CCNCc1ccccc1NC(=O)C(C)CCc1cccc(F)c1. The van der Waals surface area contributed by atoms with Gasteiger partial charge in [0.2, 0.25) is 5.91 Å². The molecule has 0 heterocycles. The van der Waals surface area contributed by atoms with E-state index in [0.717, 1.165) is 29.9 Å². The van der Waals surface area contributed by atoms with Gasteiger partial charge in [-0.15, -0.1) is 0 Å². The zero-order valence-electron chi connectivity index (χ0n) is 14.3. The number of aryl methyl sites for hydroxylation is 1. The summed E-state index contributed by atoms with van der Waals surface area (Å²) in [6.45, 7) is 5.56. The third-order valence-electron chi connectivity index (χ3n) is 4.04. The number of nitrogens with one attached hydrogen (secondary N) is 2. The topological polar surface area (TPSA) is 41.1 Å². The predicted molar refractivity (Wildman–Crippen MR) is 96.3 cm³/mol. The summed E-state index contributed by atoms with van der Waals surface area (Å²) in [6, 6.07) is 14.4. The van der Waals surface area contributed by atoms with Crippen LogP contribution in [-0.2, 0) is 17.8 Å². The average Bonchev–Trinajstić information content (AvgIpc) is 2.59. The Morgan fingerprint density at radius 1 is 1.17 bits per heavy atom. The Labute approximate surface area is 143 Å². The van der Waals surface area contributed by atoms with E-state index in [4.69, 9.17) is 0 Å². The number of amides is 1. The lowest BCUT2D eigenvalue weighted by Gasteiger charge is -2.15. The number of hydrogen-bond acceptors (Lipinski definition) is 2. The quantitative estimate of drug-likeness (QED) is 0.764. The van der Waals surface area contributed by atoms with E-state index in [9.17, 15) is 9.18 Å². The molecule has 1 unspecified atom stereocenters. The van der Waals surface area contributed by atoms with Crippen molar-refractivity contribution < 1.29 is 9.18 Å². The summed E-state index contributed by atoms with van der Waals surface area (Å²) in [4.78, 5) is 12.4. The van der Waals surface area contributed by atoms with E-state index in [2.05, 4.69) is 17.6 Å². The molecule has 3 nitrogen and oxygen atoms in total. The second-order valence-electron chi connectivity index (χ2n) is 6.00. The maximum atomic E-state index is 13.2. The normalized spacial score (nSPS) is 12.0. The molecule has 0 fully saturated rings. The molecule has 0 aromatic heterocycles. The van der Waals surface area contributed by atoms with Crippen LogP contribution in [0.15, 0.2) is 48.5 Å². The van der Waals surface area contributed by atoms with Crippen molar-refractivity contribution >= 4 is 11.6 Å². The van der Waals surface area contributed by atoms with E-state index in [1.165, 1.54) is 12.1 Å². The maximum Gasteiger partial charge on any atom is 0.227 e. The molecule has 128 valence electrons. The minimum absolute atomic E-state index is 0.00430. The number of para-hydroxylation sites is 1. The zero-order valence-corrected chi connectivity index (χ0v) is 14.3. The van der Waals surface area contributed by atoms with Crippen molar-refractivity contribution in [1.29, 1.82) is 0 Å². The number of anilines is 1. The van der Waals surface area contributed by atoms with Crippen LogP contribution < -0.4 is 10.6 Å². The van der Waals surface area contributed by atoms with Crippen LogP contribution in [0, 0.1) is 11.7 Å². The molecule has 4 heteroatoms. The van der Waals surface area contributed by atoms with Crippen molar-refractivity contribution in [1.82, 2.24) is 5.32 Å². The minimum Gasteiger partial charge on any atom is -0.326 e. The van der Waals surface area contributed by atoms with Crippen molar-refractivity contribution in [2.24, 2.45) is 5.92 Å². The zero-order chi connectivity index (χ0) is 17.4. The summed E-state index contributed by atoms with van der Waals surface area (Å²) >= 11 is 0. The first-order chi connectivity index (χ1) is 11.6. The van der Waals surface area contributed by atoms with Gasteiger partial charge in [0.1, 0.15) is 5.82 Å². The smallest absolute Gasteiger partial charge is 0.227 e. The fourth-order valence-electron chi connectivity index (χ4n) is 2.52. The van der Waals surface area contributed by atoms with Crippen molar-refractivity contribution in [2.45, 2.75) is 33.2 Å². The standard InChI is InChI=1S/C20H25FN2O/c1-3-22-14-17-8-4-5-10-19(17)23-20(24)15(2)11-12-16-7-6-9-18(21)13-16/h4-10,13,15,22H,3,11-12,14H2,1-2H3,(H,23,24). The number of carbonyl (C=O) groups is 1. The van der Waals surface area contributed by atoms with E-state index in [0.29, 0.717) is 12.8 Å². The van der Waals surface area contributed by atoms with E-state index < -0.39 is 0 Å². The lowest BCUT2D eigenvalue weighted by Crippen LogP contribution is -2.22. The predicted octanol–water partition coefficient (Wildman–Crippen LogP) is 4.14. The highest BCUT2D eigenvalue weighted by atomic mass is 19.1. The molecule has 1 atom stereocenters. The van der Waals surface area contributed by atoms with Crippen molar-refractivity contribution in [3.63, 3.8) is 0 Å². The number of rotatable bonds is 8. The molecule has 0 aliphatic rings. The van der Waals surface area contributed by atoms with Crippen molar-refractivity contribution in [3.8, 4) is 0 Å². The van der Waals surface area contributed by atoms with E-state index in [-0.39, 0.29) is 17.6 Å². The molecular weight excluding hydrogens is 303 g/mol. The third-order valence-corrected chi connectivity index (χ3v) is 4.04. The van der Waals surface area contributed by atoms with Gasteiger partial charge in [-0.05, 0) is 48.7 Å². The van der Waals surface area contributed by atoms with Gasteiger partial charge in [0.25, 0.3) is 0 Å². The summed E-state index contributed by atoms with van der Waals surface area (Å²) in [6.07, 6.45) is 1.37. The van der Waals surface area contributed by atoms with Gasteiger partial charge in [-0.3, -0.25) is 4.79 Å². The summed E-state index contributed by atoms with van der Waals surface area (Å²) in [5, 5.41) is 6.29. The molecule has 0 saturated carbocycles. The van der Waals surface area contributed by atoms with Crippen LogP contribution in [0.3, 0.4) is 0 Å². The monoisotopic (exact) mass is 328 g/mol. The highest BCUT2D eigenvalue weighted by Gasteiger charge is 2.14. The average molecular weight is 328 g/mol. The van der Waals surface area contributed by atoms with E-state index in [1.54, 1.807) is 6.07 Å². The first kappa shape index (κ1) is 18.1. The molecule has 0 aliphatic heterocycles. The summed E-state index contributed by atoms with van der Waals surface area (Å²) < 4.78 is 13.2. The Kier molecular flexibility index (Phi) is 6.94. The molecule has 2 N–H and O–H groups in total. The second kappa shape index (κ2) is 9.18. The number of halogens is 1. The van der Waals surface area contributed by atoms with Gasteiger partial charge < -0.3 is 10.6 Å². The van der Waals surface area contributed by atoms with Gasteiger partial charge in [-0.2, -0.15) is 0 Å². The molecule has 24 heavy (non-hydrogen) atoms. The van der Waals surface area contributed by atoms with E-state index in [1.807, 2.05) is 37.3 Å². The van der Waals surface area contributed by atoms with Crippen LogP contribution in [-0.4, -0.2) is 12.5 Å². The van der Waals surface area contributed by atoms with Crippen LogP contribution >= 0.6 is 0 Å². The first-order valence-electron chi connectivity index (χ1n) is 8.44. The lowest BCUT2D eigenvalue weighted by atomic mass is 10.00. The maximum absolute atomic E-state index is 13.2. The molecule has 0 radical (unpaired) electrons. The van der Waals surface area contributed by atoms with Crippen LogP contribution in [0.4, 0.5) is 10.1 Å². The number of carbonyl (C=O) groups excluding carboxylic acids is 1. The summed E-state index contributed by atoms with van der Waals surface area (Å²) in [5.41, 5.74) is 2.84. The summed E-state index contributed by atoms with van der Waals surface area (Å²) in [5.74, 6) is -0.377. The van der Waals surface area contributed by atoms with Crippen LogP contribution in [0.2, 0.25) is 0 Å². The molecule has 1 amide bonds. The van der Waals surface area contributed by atoms with Crippen LogP contribution in [0.1, 0.15) is 31.4 Å². The first-order valence-corrected chi connectivity index (χ1v) is 8.44. The Hall–Kier alpha value is -2.20. The molecule has 2 rings (SSSR count). The van der Waals surface area contributed by atoms with Crippen LogP contribution in [0.25, 0.3) is 0 Å². The fourth-order valence-corrected chi connectivity index (χ4v) is 2.52. The van der Waals surface area contributed by atoms with Gasteiger partial charge in [0.05, 0.1) is 0 Å². The molecule has 0 bridgehead atoms. The Bertz CT molecular complexity index is 672. The second-order valence-corrected chi connectivity index (χ2v) is 6.00. The van der Waals surface area contributed by atoms with Gasteiger partial charge in [0, 0.05) is 18.2 Å². The molecule has 2 aromatic carbocycles. The Morgan fingerprint density at radius 2 is 1.96 bits per heavy atom. The Balaban J connectivity index is 1.92. The highest BCUT2D eigenvalue weighted by Crippen LogP contribution is 2.18. The molecule has 0 saturated heterocycles. The molecule has 0 spiro atoms. The third kappa shape index (κ3) is 5.46. The Morgan fingerprint density at radius 3 is 2.71 bits per heavy atom. The molecular formula is C20H25FN2O. The van der Waals surface area contributed by atoms with Gasteiger partial charge in [-0.1, -0.05) is 44.2 Å². The van der Waals surface area contributed by atoms with E-state index >= 15 is 0 Å². The number of benzene rings is 2. The summed E-state index contributed by atoms with van der Waals surface area (Å²) in [7, 11) is 0. The van der Waals surface area contributed by atoms with Crippen LogP contribution in [0.5, 0.6) is 0 Å². The van der Waals surface area contributed by atoms with Gasteiger partial charge >= 0.3 is 0 Å².